The molecule has 0 saturated heterocycles. The van der Waals surface area contributed by atoms with Gasteiger partial charge in [0.05, 0.1) is 18.6 Å². The van der Waals surface area contributed by atoms with Crippen LogP contribution >= 0.6 is 0 Å². The van der Waals surface area contributed by atoms with Crippen molar-refractivity contribution in [2.24, 2.45) is 0 Å². The normalized spacial score (nSPS) is 11.6. The molecule has 0 radical (unpaired) electrons. The van der Waals surface area contributed by atoms with Crippen molar-refractivity contribution < 1.29 is 4.74 Å². The SMILES string of the molecule is Cc1cccc(OCCCC(C#N)c2ccccc2)c1. The van der Waals surface area contributed by atoms with Gasteiger partial charge in [-0.25, -0.2) is 0 Å². The van der Waals surface area contributed by atoms with Gasteiger partial charge in [0.15, 0.2) is 0 Å². The summed E-state index contributed by atoms with van der Waals surface area (Å²) in [4.78, 5) is 0. The van der Waals surface area contributed by atoms with Crippen molar-refractivity contribution in [2.45, 2.75) is 25.7 Å². The molecule has 2 rings (SSSR count). The Hall–Kier alpha value is -2.27. The van der Waals surface area contributed by atoms with Gasteiger partial charge in [-0.2, -0.15) is 5.26 Å². The summed E-state index contributed by atoms with van der Waals surface area (Å²) in [5.41, 5.74) is 2.28. The zero-order valence-corrected chi connectivity index (χ0v) is 11.8. The lowest BCUT2D eigenvalue weighted by molar-refractivity contribution is 0.305. The van der Waals surface area contributed by atoms with Gasteiger partial charge in [0.1, 0.15) is 5.75 Å². The van der Waals surface area contributed by atoms with Gasteiger partial charge >= 0.3 is 0 Å². The monoisotopic (exact) mass is 265 g/mol. The fourth-order valence-corrected chi connectivity index (χ4v) is 2.17. The highest BCUT2D eigenvalue weighted by atomic mass is 16.5. The molecule has 0 aliphatic rings. The minimum absolute atomic E-state index is 0.0442. The lowest BCUT2D eigenvalue weighted by Crippen LogP contribution is -2.02. The van der Waals surface area contributed by atoms with E-state index in [9.17, 15) is 5.26 Å². The van der Waals surface area contributed by atoms with Gasteiger partial charge in [-0.05, 0) is 43.0 Å². The Morgan fingerprint density at radius 1 is 1.10 bits per heavy atom. The zero-order chi connectivity index (χ0) is 14.2. The van der Waals surface area contributed by atoms with E-state index in [1.807, 2.05) is 61.5 Å². The first-order chi connectivity index (χ1) is 9.79. The molecule has 2 aromatic rings. The third-order valence-corrected chi connectivity index (χ3v) is 3.25. The van der Waals surface area contributed by atoms with Crippen molar-refractivity contribution in [3.05, 3.63) is 65.7 Å². The quantitative estimate of drug-likeness (QED) is 0.722. The summed E-state index contributed by atoms with van der Waals surface area (Å²) in [6.45, 7) is 2.70. The zero-order valence-electron chi connectivity index (χ0n) is 11.8. The van der Waals surface area contributed by atoms with Crippen LogP contribution < -0.4 is 4.74 Å². The lowest BCUT2D eigenvalue weighted by atomic mass is 9.96. The first kappa shape index (κ1) is 14.1. The predicted octanol–water partition coefficient (Wildman–Crippen LogP) is 4.46. The van der Waals surface area contributed by atoms with E-state index in [1.165, 1.54) is 5.56 Å². The summed E-state index contributed by atoms with van der Waals surface area (Å²) in [7, 11) is 0. The van der Waals surface area contributed by atoms with Crippen LogP contribution in [0.1, 0.15) is 29.9 Å². The average molecular weight is 265 g/mol. The van der Waals surface area contributed by atoms with Gasteiger partial charge in [0, 0.05) is 0 Å². The third kappa shape index (κ3) is 4.13. The third-order valence-electron chi connectivity index (χ3n) is 3.25. The largest absolute Gasteiger partial charge is 0.494 e. The molecule has 0 bridgehead atoms. The maximum absolute atomic E-state index is 9.24. The van der Waals surface area contributed by atoms with E-state index in [1.54, 1.807) is 0 Å². The number of benzene rings is 2. The van der Waals surface area contributed by atoms with E-state index in [2.05, 4.69) is 6.07 Å². The van der Waals surface area contributed by atoms with E-state index in [4.69, 9.17) is 4.74 Å². The summed E-state index contributed by atoms with van der Waals surface area (Å²) in [6, 6.07) is 20.3. The Bertz CT molecular complexity index is 571. The van der Waals surface area contributed by atoms with E-state index in [0.29, 0.717) is 6.61 Å². The van der Waals surface area contributed by atoms with Crippen molar-refractivity contribution in [1.82, 2.24) is 0 Å². The standard InChI is InChI=1S/C18H19NO/c1-15-7-5-11-18(13-15)20-12-6-10-17(14-19)16-8-3-2-4-9-16/h2-5,7-9,11,13,17H,6,10,12H2,1H3. The molecule has 0 aliphatic carbocycles. The van der Waals surface area contributed by atoms with Gasteiger partial charge in [0.2, 0.25) is 0 Å². The van der Waals surface area contributed by atoms with Crippen LogP contribution in [0.25, 0.3) is 0 Å². The summed E-state index contributed by atoms with van der Waals surface area (Å²) in [5.74, 6) is 0.857. The summed E-state index contributed by atoms with van der Waals surface area (Å²) in [6.07, 6.45) is 1.70. The fourth-order valence-electron chi connectivity index (χ4n) is 2.17. The highest BCUT2D eigenvalue weighted by molar-refractivity contribution is 5.27. The second-order valence-corrected chi connectivity index (χ2v) is 4.90. The van der Waals surface area contributed by atoms with Crippen molar-refractivity contribution in [1.29, 1.82) is 5.26 Å². The predicted molar refractivity (Wildman–Crippen MR) is 80.7 cm³/mol. The number of nitrogens with zero attached hydrogens (tertiary/aromatic N) is 1. The molecule has 0 fully saturated rings. The number of aryl methyl sites for hydroxylation is 1. The van der Waals surface area contributed by atoms with Crippen LogP contribution in [-0.4, -0.2) is 6.61 Å². The molecule has 2 aromatic carbocycles. The Balaban J connectivity index is 1.79. The molecule has 0 saturated carbocycles. The van der Waals surface area contributed by atoms with Crippen LogP contribution in [0.3, 0.4) is 0 Å². The van der Waals surface area contributed by atoms with Crippen LogP contribution in [-0.2, 0) is 0 Å². The van der Waals surface area contributed by atoms with Crippen molar-refractivity contribution in [3.8, 4) is 11.8 Å². The van der Waals surface area contributed by atoms with E-state index < -0.39 is 0 Å². The van der Waals surface area contributed by atoms with Gasteiger partial charge in [0.25, 0.3) is 0 Å². The maximum atomic E-state index is 9.24. The van der Waals surface area contributed by atoms with Crippen molar-refractivity contribution in [3.63, 3.8) is 0 Å². The molecule has 0 spiro atoms. The molecule has 0 amide bonds. The molecule has 0 aliphatic heterocycles. The average Bonchev–Trinajstić information content (AvgIpc) is 2.48. The second kappa shape index (κ2) is 7.35. The highest BCUT2D eigenvalue weighted by Crippen LogP contribution is 2.20. The topological polar surface area (TPSA) is 33.0 Å². The van der Waals surface area contributed by atoms with Crippen LogP contribution in [0.2, 0.25) is 0 Å². The Kier molecular flexibility index (Phi) is 5.20. The molecular weight excluding hydrogens is 246 g/mol. The summed E-state index contributed by atoms with van der Waals surface area (Å²) in [5, 5.41) is 9.24. The van der Waals surface area contributed by atoms with Crippen molar-refractivity contribution >= 4 is 0 Å². The Labute approximate surface area is 120 Å². The highest BCUT2D eigenvalue weighted by Gasteiger charge is 2.09. The van der Waals surface area contributed by atoms with Gasteiger partial charge < -0.3 is 4.74 Å². The summed E-state index contributed by atoms with van der Waals surface area (Å²) >= 11 is 0. The fraction of sp³-hybridized carbons (Fsp3) is 0.278. The number of nitriles is 1. The number of ether oxygens (including phenoxy) is 1. The molecule has 20 heavy (non-hydrogen) atoms. The minimum Gasteiger partial charge on any atom is -0.494 e. The van der Waals surface area contributed by atoms with E-state index in [-0.39, 0.29) is 5.92 Å². The molecule has 0 aromatic heterocycles. The molecule has 2 heteroatoms. The van der Waals surface area contributed by atoms with E-state index >= 15 is 0 Å². The molecule has 1 unspecified atom stereocenters. The van der Waals surface area contributed by atoms with Crippen LogP contribution in [0.15, 0.2) is 54.6 Å². The minimum atomic E-state index is -0.0442. The number of rotatable bonds is 6. The molecule has 0 N–H and O–H groups in total. The molecule has 1 atom stereocenters. The molecule has 2 nitrogen and oxygen atoms in total. The van der Waals surface area contributed by atoms with Gasteiger partial charge in [-0.1, -0.05) is 42.5 Å². The first-order valence-electron chi connectivity index (χ1n) is 6.93. The number of hydrogen-bond donors (Lipinski definition) is 0. The summed E-state index contributed by atoms with van der Waals surface area (Å²) < 4.78 is 5.71. The smallest absolute Gasteiger partial charge is 0.119 e. The van der Waals surface area contributed by atoms with Crippen LogP contribution in [0.5, 0.6) is 5.75 Å². The number of hydrogen-bond acceptors (Lipinski definition) is 2. The second-order valence-electron chi connectivity index (χ2n) is 4.90. The van der Waals surface area contributed by atoms with Gasteiger partial charge in [-0.3, -0.25) is 0 Å². The van der Waals surface area contributed by atoms with Crippen LogP contribution in [0.4, 0.5) is 0 Å². The van der Waals surface area contributed by atoms with Crippen LogP contribution in [0, 0.1) is 18.3 Å². The lowest BCUT2D eigenvalue weighted by Gasteiger charge is -2.10. The molecule has 102 valence electrons. The van der Waals surface area contributed by atoms with E-state index in [0.717, 1.165) is 24.2 Å². The van der Waals surface area contributed by atoms with Crippen molar-refractivity contribution in [2.75, 3.05) is 6.61 Å². The Morgan fingerprint density at radius 2 is 1.90 bits per heavy atom. The van der Waals surface area contributed by atoms with Gasteiger partial charge in [-0.15, -0.1) is 0 Å². The maximum Gasteiger partial charge on any atom is 0.119 e. The molecule has 0 heterocycles. The first-order valence-corrected chi connectivity index (χ1v) is 6.93. The molecular formula is C18H19NO. The Morgan fingerprint density at radius 3 is 2.60 bits per heavy atom.